The van der Waals surface area contributed by atoms with Crippen molar-refractivity contribution in [1.82, 2.24) is 9.38 Å². The summed E-state index contributed by atoms with van der Waals surface area (Å²) in [6.07, 6.45) is -0.273. The normalized spacial score (nSPS) is 14.6. The van der Waals surface area contributed by atoms with Crippen LogP contribution in [0.4, 0.5) is 0 Å². The van der Waals surface area contributed by atoms with Gasteiger partial charge in [-0.3, -0.25) is 4.40 Å². The van der Waals surface area contributed by atoms with E-state index in [1.165, 1.54) is 11.3 Å². The molecule has 0 amide bonds. The number of fused-ring (bicyclic) bond motifs is 1. The van der Waals surface area contributed by atoms with Gasteiger partial charge in [-0.25, -0.2) is 4.98 Å². The Morgan fingerprint density at radius 2 is 2.00 bits per heavy atom. The Morgan fingerprint density at radius 1 is 1.25 bits per heavy atom. The monoisotopic (exact) mass is 308 g/mol. The molecule has 3 aromatic rings. The van der Waals surface area contributed by atoms with Crippen LogP contribution in [0.2, 0.25) is 0 Å². The van der Waals surface area contributed by atoms with Crippen LogP contribution >= 0.6 is 22.9 Å². The van der Waals surface area contributed by atoms with Crippen molar-refractivity contribution in [3.63, 3.8) is 0 Å². The molecule has 6 heteroatoms. The summed E-state index contributed by atoms with van der Waals surface area (Å²) in [4.78, 5) is 5.33. The number of benzene rings is 1. The number of halogens is 1. The van der Waals surface area contributed by atoms with Crippen LogP contribution in [0.15, 0.2) is 41.9 Å². The van der Waals surface area contributed by atoms with Gasteiger partial charge >= 0.3 is 0 Å². The van der Waals surface area contributed by atoms with Crippen LogP contribution in [0.3, 0.4) is 0 Å². The number of hydrogen-bond donors (Lipinski definition) is 2. The fourth-order valence-corrected chi connectivity index (χ4v) is 3.05. The maximum Gasteiger partial charge on any atom is 0.194 e. The van der Waals surface area contributed by atoms with E-state index in [1.807, 2.05) is 41.9 Å². The summed E-state index contributed by atoms with van der Waals surface area (Å²) in [7, 11) is 0. The van der Waals surface area contributed by atoms with Crippen molar-refractivity contribution in [3.05, 3.63) is 47.6 Å². The summed E-state index contributed by atoms with van der Waals surface area (Å²) < 4.78 is 1.80. The zero-order chi connectivity index (χ0) is 14.1. The Hall–Kier alpha value is -1.40. The quantitative estimate of drug-likeness (QED) is 0.729. The minimum absolute atomic E-state index is 0.0350. The SMILES string of the molecule is OC(CCl)C(O)c1c(-c2ccccc2)nc2sccn12. The van der Waals surface area contributed by atoms with E-state index < -0.39 is 12.2 Å². The molecule has 4 nitrogen and oxygen atoms in total. The third-order valence-corrected chi connectivity index (χ3v) is 4.22. The van der Waals surface area contributed by atoms with Gasteiger partial charge in [0.1, 0.15) is 6.10 Å². The first kappa shape index (κ1) is 13.6. The summed E-state index contributed by atoms with van der Waals surface area (Å²) in [5.41, 5.74) is 2.15. The predicted molar refractivity (Wildman–Crippen MR) is 80.2 cm³/mol. The zero-order valence-corrected chi connectivity index (χ0v) is 12.1. The average Bonchev–Trinajstić information content (AvgIpc) is 3.07. The lowest BCUT2D eigenvalue weighted by Crippen LogP contribution is -2.21. The van der Waals surface area contributed by atoms with Crippen LogP contribution in [0.1, 0.15) is 11.8 Å². The first-order valence-electron chi connectivity index (χ1n) is 6.15. The predicted octanol–water partition coefficient (Wildman–Crippen LogP) is 2.70. The third-order valence-electron chi connectivity index (χ3n) is 3.15. The molecule has 2 unspecified atom stereocenters. The van der Waals surface area contributed by atoms with Crippen molar-refractivity contribution in [2.24, 2.45) is 0 Å². The van der Waals surface area contributed by atoms with Gasteiger partial charge in [0, 0.05) is 17.1 Å². The van der Waals surface area contributed by atoms with Gasteiger partial charge in [-0.05, 0) is 0 Å². The molecule has 2 atom stereocenters. The summed E-state index contributed by atoms with van der Waals surface area (Å²) in [6, 6.07) is 9.60. The molecular weight excluding hydrogens is 296 g/mol. The lowest BCUT2D eigenvalue weighted by atomic mass is 10.0. The fourth-order valence-electron chi connectivity index (χ4n) is 2.16. The minimum atomic E-state index is -1.08. The maximum atomic E-state index is 10.3. The van der Waals surface area contributed by atoms with Gasteiger partial charge in [-0.15, -0.1) is 22.9 Å². The highest BCUT2D eigenvalue weighted by Gasteiger charge is 2.26. The molecule has 1 aromatic carbocycles. The number of imidazole rings is 1. The van der Waals surface area contributed by atoms with E-state index in [9.17, 15) is 10.2 Å². The zero-order valence-electron chi connectivity index (χ0n) is 10.5. The van der Waals surface area contributed by atoms with Gasteiger partial charge in [0.05, 0.1) is 23.4 Å². The van der Waals surface area contributed by atoms with Crippen molar-refractivity contribution < 1.29 is 10.2 Å². The largest absolute Gasteiger partial charge is 0.389 e. The second-order valence-electron chi connectivity index (χ2n) is 4.43. The van der Waals surface area contributed by atoms with Crippen LogP contribution < -0.4 is 0 Å². The maximum absolute atomic E-state index is 10.3. The summed E-state index contributed by atoms with van der Waals surface area (Å²) in [6.45, 7) is 0. The summed E-state index contributed by atoms with van der Waals surface area (Å²) in [5, 5.41) is 22.1. The number of aliphatic hydroxyl groups is 2. The molecule has 0 fully saturated rings. The highest BCUT2D eigenvalue weighted by atomic mass is 35.5. The van der Waals surface area contributed by atoms with Crippen molar-refractivity contribution >= 4 is 27.9 Å². The first-order chi connectivity index (χ1) is 9.72. The third kappa shape index (κ3) is 2.23. The van der Waals surface area contributed by atoms with E-state index in [1.54, 1.807) is 4.40 Å². The fraction of sp³-hybridized carbons (Fsp3) is 0.214. The summed E-state index contributed by atoms with van der Waals surface area (Å²) >= 11 is 7.13. The molecule has 20 heavy (non-hydrogen) atoms. The molecule has 0 bridgehead atoms. The van der Waals surface area contributed by atoms with Crippen LogP contribution in [0, 0.1) is 0 Å². The standard InChI is InChI=1S/C14H13ClN2O2S/c15-8-10(18)13(19)12-11(9-4-2-1-3-5-9)16-14-17(12)6-7-20-14/h1-7,10,13,18-19H,8H2. The van der Waals surface area contributed by atoms with Crippen molar-refractivity contribution in [1.29, 1.82) is 0 Å². The number of aliphatic hydroxyl groups excluding tert-OH is 2. The Kier molecular flexibility index (Phi) is 3.76. The van der Waals surface area contributed by atoms with Gasteiger partial charge in [0.2, 0.25) is 0 Å². The number of rotatable bonds is 4. The number of aromatic nitrogens is 2. The molecular formula is C14H13ClN2O2S. The van der Waals surface area contributed by atoms with E-state index in [2.05, 4.69) is 4.98 Å². The van der Waals surface area contributed by atoms with Gasteiger partial charge in [0.25, 0.3) is 0 Å². The van der Waals surface area contributed by atoms with Gasteiger partial charge in [0.15, 0.2) is 4.96 Å². The number of hydrogen-bond acceptors (Lipinski definition) is 4. The van der Waals surface area contributed by atoms with Crippen LogP contribution in [-0.4, -0.2) is 31.6 Å². The molecule has 0 aliphatic rings. The highest BCUT2D eigenvalue weighted by Crippen LogP contribution is 2.32. The Labute approximate surface area is 124 Å². The molecule has 0 aliphatic heterocycles. The highest BCUT2D eigenvalue weighted by molar-refractivity contribution is 7.15. The van der Waals surface area contributed by atoms with Crippen molar-refractivity contribution in [2.45, 2.75) is 12.2 Å². The van der Waals surface area contributed by atoms with Crippen LogP contribution in [0.5, 0.6) is 0 Å². The Morgan fingerprint density at radius 3 is 2.70 bits per heavy atom. The van der Waals surface area contributed by atoms with E-state index in [-0.39, 0.29) is 5.88 Å². The molecule has 2 aromatic heterocycles. The summed E-state index contributed by atoms with van der Waals surface area (Å²) in [5.74, 6) is -0.0350. The lowest BCUT2D eigenvalue weighted by Gasteiger charge is -2.16. The number of nitrogens with zero attached hydrogens (tertiary/aromatic N) is 2. The second-order valence-corrected chi connectivity index (χ2v) is 5.62. The van der Waals surface area contributed by atoms with Crippen molar-refractivity contribution in [2.75, 3.05) is 5.88 Å². The van der Waals surface area contributed by atoms with Crippen LogP contribution in [0.25, 0.3) is 16.2 Å². The molecule has 0 aliphatic carbocycles. The molecule has 104 valence electrons. The van der Waals surface area contributed by atoms with E-state index in [4.69, 9.17) is 11.6 Å². The smallest absolute Gasteiger partial charge is 0.194 e. The molecule has 0 spiro atoms. The van der Waals surface area contributed by atoms with E-state index in [0.29, 0.717) is 11.4 Å². The molecule has 0 saturated carbocycles. The van der Waals surface area contributed by atoms with E-state index >= 15 is 0 Å². The Bertz CT molecular complexity index is 710. The molecule has 2 N–H and O–H groups in total. The van der Waals surface area contributed by atoms with Gasteiger partial charge in [-0.1, -0.05) is 30.3 Å². The Balaban J connectivity index is 2.19. The molecule has 0 saturated heterocycles. The topological polar surface area (TPSA) is 57.8 Å². The number of thiazole rings is 1. The molecule has 2 heterocycles. The second kappa shape index (κ2) is 5.54. The van der Waals surface area contributed by atoms with Gasteiger partial charge in [-0.2, -0.15) is 0 Å². The minimum Gasteiger partial charge on any atom is -0.389 e. The molecule has 0 radical (unpaired) electrons. The van der Waals surface area contributed by atoms with Gasteiger partial charge < -0.3 is 10.2 Å². The lowest BCUT2D eigenvalue weighted by molar-refractivity contribution is 0.0299. The first-order valence-corrected chi connectivity index (χ1v) is 7.56. The van der Waals surface area contributed by atoms with Crippen LogP contribution in [-0.2, 0) is 0 Å². The average molecular weight is 309 g/mol. The molecule has 3 rings (SSSR count). The van der Waals surface area contributed by atoms with Crippen molar-refractivity contribution in [3.8, 4) is 11.3 Å². The number of alkyl halides is 1. The van der Waals surface area contributed by atoms with E-state index in [0.717, 1.165) is 10.5 Å².